The third kappa shape index (κ3) is 3.52. The Morgan fingerprint density at radius 1 is 1.29 bits per heavy atom. The standard InChI is InChI=1S/C15H15BrN2O3/c1-9-3-6-15(19)12(7-9)10(2)17-11-4-5-14(18(20)21)13(16)8-11/h3-8,10,17,19H,1-2H3. The van der Waals surface area contributed by atoms with E-state index in [1.807, 2.05) is 26.0 Å². The van der Waals surface area contributed by atoms with Crippen molar-refractivity contribution < 1.29 is 10.0 Å². The summed E-state index contributed by atoms with van der Waals surface area (Å²) in [6, 6.07) is 10.0. The molecule has 0 spiro atoms. The van der Waals surface area contributed by atoms with E-state index in [1.165, 1.54) is 6.07 Å². The number of aryl methyl sites for hydroxylation is 1. The number of phenols is 1. The Balaban J connectivity index is 2.23. The lowest BCUT2D eigenvalue weighted by Gasteiger charge is -2.17. The molecule has 110 valence electrons. The highest BCUT2D eigenvalue weighted by Gasteiger charge is 2.14. The number of nitrogens with zero attached hydrogens (tertiary/aromatic N) is 1. The van der Waals surface area contributed by atoms with Crippen molar-refractivity contribution in [2.75, 3.05) is 5.32 Å². The summed E-state index contributed by atoms with van der Waals surface area (Å²) in [6.45, 7) is 3.88. The summed E-state index contributed by atoms with van der Waals surface area (Å²) >= 11 is 3.19. The molecule has 0 heterocycles. The van der Waals surface area contributed by atoms with Gasteiger partial charge in [0.1, 0.15) is 5.75 Å². The van der Waals surface area contributed by atoms with Crippen LogP contribution in [0.4, 0.5) is 11.4 Å². The van der Waals surface area contributed by atoms with Gasteiger partial charge >= 0.3 is 0 Å². The Labute approximate surface area is 130 Å². The predicted octanol–water partition coefficient (Wildman–Crippen LogP) is 4.54. The summed E-state index contributed by atoms with van der Waals surface area (Å²) in [7, 11) is 0. The number of nitro benzene ring substituents is 1. The summed E-state index contributed by atoms with van der Waals surface area (Å²) < 4.78 is 0.415. The second-order valence-corrected chi connectivity index (χ2v) is 5.71. The van der Waals surface area contributed by atoms with Crippen molar-refractivity contribution in [3.05, 3.63) is 62.1 Å². The zero-order valence-electron chi connectivity index (χ0n) is 11.6. The van der Waals surface area contributed by atoms with Crippen LogP contribution in [0.2, 0.25) is 0 Å². The van der Waals surface area contributed by atoms with Crippen LogP contribution in [-0.2, 0) is 0 Å². The van der Waals surface area contributed by atoms with E-state index in [-0.39, 0.29) is 17.5 Å². The number of nitrogens with one attached hydrogen (secondary N) is 1. The van der Waals surface area contributed by atoms with Crippen LogP contribution in [0.3, 0.4) is 0 Å². The Morgan fingerprint density at radius 2 is 2.00 bits per heavy atom. The minimum atomic E-state index is -0.441. The van der Waals surface area contributed by atoms with E-state index >= 15 is 0 Å². The second kappa shape index (κ2) is 6.13. The lowest BCUT2D eigenvalue weighted by atomic mass is 10.0. The average Bonchev–Trinajstić information content (AvgIpc) is 2.41. The molecule has 0 saturated heterocycles. The highest BCUT2D eigenvalue weighted by atomic mass is 79.9. The SMILES string of the molecule is Cc1ccc(O)c(C(C)Nc2ccc([N+](=O)[O-])c(Br)c2)c1. The van der Waals surface area contributed by atoms with Crippen LogP contribution >= 0.6 is 15.9 Å². The molecule has 6 heteroatoms. The highest BCUT2D eigenvalue weighted by Crippen LogP contribution is 2.31. The van der Waals surface area contributed by atoms with Crippen molar-refractivity contribution in [2.24, 2.45) is 0 Å². The van der Waals surface area contributed by atoms with Crippen LogP contribution < -0.4 is 5.32 Å². The molecule has 5 nitrogen and oxygen atoms in total. The lowest BCUT2D eigenvalue weighted by molar-refractivity contribution is -0.385. The number of hydrogen-bond donors (Lipinski definition) is 2. The van der Waals surface area contributed by atoms with Gasteiger partial charge in [0.05, 0.1) is 15.4 Å². The number of nitro groups is 1. The maximum atomic E-state index is 10.8. The minimum Gasteiger partial charge on any atom is -0.508 e. The van der Waals surface area contributed by atoms with E-state index in [0.29, 0.717) is 4.47 Å². The Bertz CT molecular complexity index is 689. The van der Waals surface area contributed by atoms with Gasteiger partial charge in [0.25, 0.3) is 5.69 Å². The van der Waals surface area contributed by atoms with Crippen LogP contribution in [0, 0.1) is 17.0 Å². The molecule has 0 fully saturated rings. The Kier molecular flexibility index (Phi) is 4.47. The van der Waals surface area contributed by atoms with Crippen LogP contribution in [0.5, 0.6) is 5.75 Å². The molecule has 0 radical (unpaired) electrons. The molecule has 0 bridgehead atoms. The fourth-order valence-corrected chi connectivity index (χ4v) is 2.62. The van der Waals surface area contributed by atoms with Crippen LogP contribution in [0.25, 0.3) is 0 Å². The average molecular weight is 351 g/mol. The second-order valence-electron chi connectivity index (χ2n) is 4.85. The first-order valence-electron chi connectivity index (χ1n) is 6.38. The van der Waals surface area contributed by atoms with Gasteiger partial charge in [-0.05, 0) is 48.0 Å². The van der Waals surface area contributed by atoms with Crippen LogP contribution in [-0.4, -0.2) is 10.0 Å². The highest BCUT2D eigenvalue weighted by molar-refractivity contribution is 9.10. The first kappa shape index (κ1) is 15.3. The molecule has 2 aromatic carbocycles. The van der Waals surface area contributed by atoms with Gasteiger partial charge in [-0.2, -0.15) is 0 Å². The zero-order valence-corrected chi connectivity index (χ0v) is 13.2. The van der Waals surface area contributed by atoms with Crippen molar-refractivity contribution in [1.82, 2.24) is 0 Å². The van der Waals surface area contributed by atoms with Crippen molar-refractivity contribution in [2.45, 2.75) is 19.9 Å². The molecule has 0 aromatic heterocycles. The van der Waals surface area contributed by atoms with E-state index in [4.69, 9.17) is 0 Å². The van der Waals surface area contributed by atoms with Crippen LogP contribution in [0.1, 0.15) is 24.1 Å². The van der Waals surface area contributed by atoms with Gasteiger partial charge in [0.2, 0.25) is 0 Å². The number of anilines is 1. The van der Waals surface area contributed by atoms with Gasteiger partial charge in [-0.15, -0.1) is 0 Å². The molecule has 2 N–H and O–H groups in total. The molecule has 0 aliphatic carbocycles. The predicted molar refractivity (Wildman–Crippen MR) is 85.7 cm³/mol. The van der Waals surface area contributed by atoms with E-state index in [0.717, 1.165) is 16.8 Å². The maximum Gasteiger partial charge on any atom is 0.283 e. The molecule has 2 rings (SSSR count). The molecule has 0 aliphatic rings. The molecular formula is C15H15BrN2O3. The topological polar surface area (TPSA) is 75.4 Å². The maximum absolute atomic E-state index is 10.8. The summed E-state index contributed by atoms with van der Waals surface area (Å²) in [4.78, 5) is 10.3. The largest absolute Gasteiger partial charge is 0.508 e. The fourth-order valence-electron chi connectivity index (χ4n) is 2.09. The smallest absolute Gasteiger partial charge is 0.283 e. The van der Waals surface area contributed by atoms with Crippen molar-refractivity contribution in [3.63, 3.8) is 0 Å². The molecule has 21 heavy (non-hydrogen) atoms. The molecular weight excluding hydrogens is 336 g/mol. The third-order valence-corrected chi connectivity index (χ3v) is 3.81. The normalized spacial score (nSPS) is 12.0. The summed E-state index contributed by atoms with van der Waals surface area (Å²) in [5, 5.41) is 23.9. The van der Waals surface area contributed by atoms with Gasteiger partial charge in [-0.1, -0.05) is 17.7 Å². The van der Waals surface area contributed by atoms with E-state index in [2.05, 4.69) is 21.2 Å². The van der Waals surface area contributed by atoms with E-state index in [9.17, 15) is 15.2 Å². The number of halogens is 1. The summed E-state index contributed by atoms with van der Waals surface area (Å²) in [5.41, 5.74) is 2.60. The van der Waals surface area contributed by atoms with Crippen molar-refractivity contribution in [3.8, 4) is 5.75 Å². The quantitative estimate of drug-likeness (QED) is 0.626. The first-order valence-corrected chi connectivity index (χ1v) is 7.18. The molecule has 0 amide bonds. The van der Waals surface area contributed by atoms with Crippen molar-refractivity contribution in [1.29, 1.82) is 0 Å². The number of rotatable bonds is 4. The van der Waals surface area contributed by atoms with Gasteiger partial charge in [0, 0.05) is 17.3 Å². The van der Waals surface area contributed by atoms with Crippen molar-refractivity contribution >= 4 is 27.3 Å². The molecule has 2 aromatic rings. The number of hydrogen-bond acceptors (Lipinski definition) is 4. The van der Waals surface area contributed by atoms with E-state index in [1.54, 1.807) is 18.2 Å². The number of benzene rings is 2. The molecule has 0 aliphatic heterocycles. The van der Waals surface area contributed by atoms with Gasteiger partial charge in [-0.3, -0.25) is 10.1 Å². The van der Waals surface area contributed by atoms with Gasteiger partial charge in [-0.25, -0.2) is 0 Å². The Hall–Kier alpha value is -2.08. The minimum absolute atomic E-state index is 0.0200. The third-order valence-electron chi connectivity index (χ3n) is 3.18. The fraction of sp³-hybridized carbons (Fsp3) is 0.200. The summed E-state index contributed by atoms with van der Waals surface area (Å²) in [5.74, 6) is 0.224. The Morgan fingerprint density at radius 3 is 2.62 bits per heavy atom. The summed E-state index contributed by atoms with van der Waals surface area (Å²) in [6.07, 6.45) is 0. The molecule has 0 saturated carbocycles. The van der Waals surface area contributed by atoms with E-state index < -0.39 is 4.92 Å². The zero-order chi connectivity index (χ0) is 15.6. The molecule has 1 unspecified atom stereocenters. The monoisotopic (exact) mass is 350 g/mol. The van der Waals surface area contributed by atoms with Gasteiger partial charge < -0.3 is 10.4 Å². The number of phenolic OH excluding ortho intramolecular Hbond substituents is 1. The first-order chi connectivity index (χ1) is 9.88. The number of aromatic hydroxyl groups is 1. The molecule has 1 atom stereocenters. The van der Waals surface area contributed by atoms with Crippen LogP contribution in [0.15, 0.2) is 40.9 Å². The lowest BCUT2D eigenvalue weighted by Crippen LogP contribution is -2.07. The van der Waals surface area contributed by atoms with Gasteiger partial charge in [0.15, 0.2) is 0 Å².